The van der Waals surface area contributed by atoms with Crippen LogP contribution in [0, 0.1) is 5.41 Å². The van der Waals surface area contributed by atoms with Crippen molar-refractivity contribution in [1.29, 1.82) is 0 Å². The molecule has 0 saturated heterocycles. The average molecular weight is 224 g/mol. The van der Waals surface area contributed by atoms with E-state index in [1.807, 2.05) is 0 Å². The lowest BCUT2D eigenvalue weighted by molar-refractivity contribution is 0.364. The summed E-state index contributed by atoms with van der Waals surface area (Å²) in [6.45, 7) is 5.56. The summed E-state index contributed by atoms with van der Waals surface area (Å²) < 4.78 is 1.51. The second-order valence-corrected chi connectivity index (χ2v) is 4.75. The Kier molecular flexibility index (Phi) is 4.06. The predicted molar refractivity (Wildman–Crippen MR) is 65.4 cm³/mol. The van der Waals surface area contributed by atoms with E-state index >= 15 is 0 Å². The van der Waals surface area contributed by atoms with Gasteiger partial charge in [0.1, 0.15) is 0 Å². The summed E-state index contributed by atoms with van der Waals surface area (Å²) in [7, 11) is 1.71. The quantitative estimate of drug-likeness (QED) is 0.767. The van der Waals surface area contributed by atoms with Crippen LogP contribution < -0.4 is 16.6 Å². The number of anilines is 1. The van der Waals surface area contributed by atoms with E-state index in [-0.39, 0.29) is 11.0 Å². The summed E-state index contributed by atoms with van der Waals surface area (Å²) >= 11 is 0. The number of rotatable bonds is 5. The van der Waals surface area contributed by atoms with E-state index < -0.39 is 0 Å². The number of nitrogens with zero attached hydrogens (tertiary/aromatic N) is 2. The van der Waals surface area contributed by atoms with Gasteiger partial charge in [0.2, 0.25) is 0 Å². The largest absolute Gasteiger partial charge is 0.365 e. The van der Waals surface area contributed by atoms with Gasteiger partial charge in [0.15, 0.2) is 5.82 Å². The van der Waals surface area contributed by atoms with Crippen LogP contribution in [-0.4, -0.2) is 22.6 Å². The zero-order valence-electron chi connectivity index (χ0n) is 10.2. The van der Waals surface area contributed by atoms with Crippen LogP contribution in [0.5, 0.6) is 0 Å². The summed E-state index contributed by atoms with van der Waals surface area (Å²) in [6, 6.07) is 0. The fourth-order valence-electron chi connectivity index (χ4n) is 1.42. The molecule has 0 aliphatic carbocycles. The molecule has 0 atom stereocenters. The Hall–Kier alpha value is -1.36. The van der Waals surface area contributed by atoms with Crippen LogP contribution in [0.2, 0.25) is 0 Å². The van der Waals surface area contributed by atoms with Gasteiger partial charge in [-0.2, -0.15) is 0 Å². The highest BCUT2D eigenvalue weighted by Gasteiger charge is 2.17. The van der Waals surface area contributed by atoms with Crippen molar-refractivity contribution in [3.05, 3.63) is 22.7 Å². The molecule has 0 bridgehead atoms. The minimum absolute atomic E-state index is 0.0667. The molecule has 0 spiro atoms. The van der Waals surface area contributed by atoms with Crippen LogP contribution in [0.25, 0.3) is 0 Å². The summed E-state index contributed by atoms with van der Waals surface area (Å²) in [5.74, 6) is 0.398. The van der Waals surface area contributed by atoms with Crippen LogP contribution in [0.1, 0.15) is 20.3 Å². The first-order chi connectivity index (χ1) is 7.46. The van der Waals surface area contributed by atoms with Gasteiger partial charge in [-0.05, 0) is 18.4 Å². The third-order valence-electron chi connectivity index (χ3n) is 2.57. The molecule has 5 nitrogen and oxygen atoms in total. The van der Waals surface area contributed by atoms with Crippen molar-refractivity contribution in [2.45, 2.75) is 20.3 Å². The van der Waals surface area contributed by atoms with Crippen LogP contribution >= 0.6 is 0 Å². The van der Waals surface area contributed by atoms with Crippen LogP contribution in [-0.2, 0) is 7.05 Å². The molecule has 1 heterocycles. The Labute approximate surface area is 95.7 Å². The highest BCUT2D eigenvalue weighted by molar-refractivity contribution is 5.30. The van der Waals surface area contributed by atoms with Crippen molar-refractivity contribution in [1.82, 2.24) is 9.55 Å². The maximum absolute atomic E-state index is 11.7. The summed E-state index contributed by atoms with van der Waals surface area (Å²) in [6.07, 6.45) is 4.16. The molecule has 0 saturated carbocycles. The number of hydrogen-bond donors (Lipinski definition) is 2. The third kappa shape index (κ3) is 3.34. The van der Waals surface area contributed by atoms with E-state index in [1.165, 1.54) is 4.57 Å². The first-order valence-electron chi connectivity index (χ1n) is 5.42. The molecular weight excluding hydrogens is 204 g/mol. The van der Waals surface area contributed by atoms with Crippen molar-refractivity contribution >= 4 is 5.82 Å². The van der Waals surface area contributed by atoms with Gasteiger partial charge in [0.25, 0.3) is 5.56 Å². The molecule has 3 N–H and O–H groups in total. The van der Waals surface area contributed by atoms with Crippen molar-refractivity contribution in [3.8, 4) is 0 Å². The van der Waals surface area contributed by atoms with E-state index in [0.717, 1.165) is 6.42 Å². The van der Waals surface area contributed by atoms with E-state index in [1.54, 1.807) is 19.4 Å². The second kappa shape index (κ2) is 5.12. The lowest BCUT2D eigenvalue weighted by Gasteiger charge is -2.24. The average Bonchev–Trinajstić information content (AvgIpc) is 2.20. The minimum Gasteiger partial charge on any atom is -0.365 e. The Balaban J connectivity index is 2.68. The fraction of sp³-hybridized carbons (Fsp3) is 0.636. The Bertz CT molecular complexity index is 397. The Morgan fingerprint density at radius 2 is 2.25 bits per heavy atom. The molecule has 1 aromatic rings. The molecule has 90 valence electrons. The molecule has 0 unspecified atom stereocenters. The number of nitrogens with one attached hydrogen (secondary N) is 1. The summed E-state index contributed by atoms with van der Waals surface area (Å²) in [5.41, 5.74) is 5.49. The molecule has 0 aliphatic rings. The van der Waals surface area contributed by atoms with E-state index in [2.05, 4.69) is 24.1 Å². The maximum atomic E-state index is 11.7. The predicted octanol–water partition coefficient (Wildman–Crippen LogP) is 0.567. The molecule has 0 aliphatic heterocycles. The van der Waals surface area contributed by atoms with Crippen molar-refractivity contribution in [3.63, 3.8) is 0 Å². The van der Waals surface area contributed by atoms with E-state index in [9.17, 15) is 4.79 Å². The highest BCUT2D eigenvalue weighted by atomic mass is 16.1. The monoisotopic (exact) mass is 224 g/mol. The van der Waals surface area contributed by atoms with Crippen LogP contribution in [0.3, 0.4) is 0 Å². The van der Waals surface area contributed by atoms with Crippen molar-refractivity contribution in [2.75, 3.05) is 18.4 Å². The van der Waals surface area contributed by atoms with Gasteiger partial charge in [-0.3, -0.25) is 4.79 Å². The van der Waals surface area contributed by atoms with Gasteiger partial charge in [-0.1, -0.05) is 13.8 Å². The first kappa shape index (κ1) is 12.7. The zero-order chi connectivity index (χ0) is 12.2. The molecule has 0 fully saturated rings. The highest BCUT2D eigenvalue weighted by Crippen LogP contribution is 2.18. The number of nitrogens with two attached hydrogens (primary N) is 1. The second-order valence-electron chi connectivity index (χ2n) is 4.75. The van der Waals surface area contributed by atoms with Crippen LogP contribution in [0.4, 0.5) is 5.82 Å². The number of aryl methyl sites for hydroxylation is 1. The molecule has 16 heavy (non-hydrogen) atoms. The SMILES string of the molecule is Cn1ccnc(NCC(C)(C)CCN)c1=O. The first-order valence-corrected chi connectivity index (χ1v) is 5.42. The van der Waals surface area contributed by atoms with Gasteiger partial charge in [0, 0.05) is 26.0 Å². The zero-order valence-corrected chi connectivity index (χ0v) is 10.2. The van der Waals surface area contributed by atoms with Gasteiger partial charge in [0.05, 0.1) is 0 Å². The molecular formula is C11H20N4O. The van der Waals surface area contributed by atoms with Crippen molar-refractivity contribution < 1.29 is 0 Å². The fourth-order valence-corrected chi connectivity index (χ4v) is 1.42. The Morgan fingerprint density at radius 1 is 1.56 bits per heavy atom. The molecule has 1 aromatic heterocycles. The van der Waals surface area contributed by atoms with E-state index in [4.69, 9.17) is 5.73 Å². The lowest BCUT2D eigenvalue weighted by atomic mass is 9.89. The van der Waals surface area contributed by atoms with Gasteiger partial charge in [-0.15, -0.1) is 0 Å². The topological polar surface area (TPSA) is 72.9 Å². The standard InChI is InChI=1S/C11H20N4O/c1-11(2,4-5-12)8-14-9-10(16)15(3)7-6-13-9/h6-7H,4-5,8,12H2,1-3H3,(H,13,14). The minimum atomic E-state index is -0.106. The van der Waals surface area contributed by atoms with Crippen LogP contribution in [0.15, 0.2) is 17.2 Å². The summed E-state index contributed by atoms with van der Waals surface area (Å²) in [5, 5.41) is 3.08. The van der Waals surface area contributed by atoms with E-state index in [0.29, 0.717) is 18.9 Å². The van der Waals surface area contributed by atoms with Gasteiger partial charge >= 0.3 is 0 Å². The van der Waals surface area contributed by atoms with Gasteiger partial charge in [-0.25, -0.2) is 4.98 Å². The molecule has 1 rings (SSSR count). The summed E-state index contributed by atoms with van der Waals surface area (Å²) in [4.78, 5) is 15.7. The third-order valence-corrected chi connectivity index (χ3v) is 2.57. The lowest BCUT2D eigenvalue weighted by Crippen LogP contribution is -2.30. The maximum Gasteiger partial charge on any atom is 0.293 e. The molecule has 0 radical (unpaired) electrons. The smallest absolute Gasteiger partial charge is 0.293 e. The number of hydrogen-bond acceptors (Lipinski definition) is 4. The molecule has 0 amide bonds. The molecule has 0 aromatic carbocycles. The normalized spacial score (nSPS) is 11.5. The molecule has 5 heteroatoms. The van der Waals surface area contributed by atoms with Crippen molar-refractivity contribution in [2.24, 2.45) is 18.2 Å². The van der Waals surface area contributed by atoms with Gasteiger partial charge < -0.3 is 15.6 Å². The number of aromatic nitrogens is 2. The Morgan fingerprint density at radius 3 is 2.88 bits per heavy atom.